The van der Waals surface area contributed by atoms with E-state index in [1.165, 1.54) is 28.2 Å². The molecule has 2 aliphatic rings. The zero-order chi connectivity index (χ0) is 20.3. The number of halogens is 2. The number of imidazole rings is 1. The largest absolute Gasteiger partial charge is 0.493 e. The zero-order valence-corrected chi connectivity index (χ0v) is 17.5. The van der Waals surface area contributed by atoms with Crippen LogP contribution in [0, 0.1) is 0 Å². The molecule has 3 aromatic rings. The molecule has 1 fully saturated rings. The molecule has 0 saturated heterocycles. The average Bonchev–Trinajstić information content (AvgIpc) is 3.49. The topological polar surface area (TPSA) is 50.4 Å². The first-order valence-electron chi connectivity index (χ1n) is 9.72. The highest BCUT2D eigenvalue weighted by atomic mass is 35.5. The van der Waals surface area contributed by atoms with E-state index in [9.17, 15) is 9.90 Å². The molecule has 150 valence electrons. The van der Waals surface area contributed by atoms with E-state index in [0.29, 0.717) is 21.8 Å². The predicted molar refractivity (Wildman–Crippen MR) is 114 cm³/mol. The number of benzene rings is 2. The molecule has 0 spiro atoms. The van der Waals surface area contributed by atoms with Crippen LogP contribution in [0.4, 0.5) is 0 Å². The van der Waals surface area contributed by atoms with E-state index in [0.717, 1.165) is 29.8 Å². The summed E-state index contributed by atoms with van der Waals surface area (Å²) in [4.78, 5) is 15.1. The first-order valence-corrected chi connectivity index (χ1v) is 10.5. The van der Waals surface area contributed by atoms with Crippen molar-refractivity contribution < 1.29 is 5.11 Å². The number of para-hydroxylation sites is 1. The third kappa shape index (κ3) is 3.18. The Labute approximate surface area is 178 Å². The van der Waals surface area contributed by atoms with Gasteiger partial charge in [0.15, 0.2) is 0 Å². The standard InChI is InChI=1S/C22H21Cl2N3O2/c1-25-12-21(28)27(22(25)29)20-5-3-2-4-15(20)17-10-26(14-6-7-14)11-18-16(17)8-13(23)9-19(18)24/h2-5,8-9,12,14,17,28H,6-7,10-11H2,1H3/t17-/m0/s1. The molecular formula is C22H21Cl2N3O2. The lowest BCUT2D eigenvalue weighted by Crippen LogP contribution is -2.36. The van der Waals surface area contributed by atoms with E-state index in [1.54, 1.807) is 13.1 Å². The molecule has 0 amide bonds. The molecule has 1 atom stereocenters. The van der Waals surface area contributed by atoms with Crippen LogP contribution in [-0.4, -0.2) is 31.7 Å². The first-order chi connectivity index (χ1) is 13.9. The van der Waals surface area contributed by atoms with Crippen LogP contribution in [0.15, 0.2) is 47.4 Å². The molecule has 1 aliphatic carbocycles. The summed E-state index contributed by atoms with van der Waals surface area (Å²) >= 11 is 13.0. The second-order valence-electron chi connectivity index (χ2n) is 7.94. The fraction of sp³-hybridized carbons (Fsp3) is 0.318. The molecule has 5 rings (SSSR count). The molecule has 5 nitrogen and oxygen atoms in total. The number of aromatic nitrogens is 2. The minimum Gasteiger partial charge on any atom is -0.493 e. The van der Waals surface area contributed by atoms with Gasteiger partial charge in [0.05, 0.1) is 11.9 Å². The summed E-state index contributed by atoms with van der Waals surface area (Å²) < 4.78 is 2.74. The summed E-state index contributed by atoms with van der Waals surface area (Å²) in [5.74, 6) is -0.0811. The number of fused-ring (bicyclic) bond motifs is 1. The quantitative estimate of drug-likeness (QED) is 0.674. The van der Waals surface area contributed by atoms with Crippen molar-refractivity contribution in [2.45, 2.75) is 31.3 Å². The number of aryl methyl sites for hydroxylation is 1. The fourth-order valence-corrected chi connectivity index (χ4v) is 5.01. The van der Waals surface area contributed by atoms with Gasteiger partial charge in [0.25, 0.3) is 0 Å². The van der Waals surface area contributed by atoms with Gasteiger partial charge in [0.1, 0.15) is 0 Å². The first kappa shape index (κ1) is 18.8. The number of aromatic hydroxyl groups is 1. The maximum absolute atomic E-state index is 12.7. The summed E-state index contributed by atoms with van der Waals surface area (Å²) in [6, 6.07) is 12.1. The third-order valence-electron chi connectivity index (χ3n) is 6.00. The Kier molecular flexibility index (Phi) is 4.50. The molecule has 1 aromatic heterocycles. The predicted octanol–water partition coefficient (Wildman–Crippen LogP) is 4.30. The van der Waals surface area contributed by atoms with Crippen molar-refractivity contribution in [3.8, 4) is 11.6 Å². The Morgan fingerprint density at radius 2 is 1.86 bits per heavy atom. The highest BCUT2D eigenvalue weighted by Gasteiger charge is 2.37. The van der Waals surface area contributed by atoms with Crippen LogP contribution in [0.5, 0.6) is 5.88 Å². The maximum atomic E-state index is 12.7. The van der Waals surface area contributed by atoms with Crippen LogP contribution in [-0.2, 0) is 13.6 Å². The van der Waals surface area contributed by atoms with Gasteiger partial charge >= 0.3 is 5.69 Å². The van der Waals surface area contributed by atoms with Crippen molar-refractivity contribution in [3.63, 3.8) is 0 Å². The van der Waals surface area contributed by atoms with Crippen molar-refractivity contribution >= 4 is 23.2 Å². The summed E-state index contributed by atoms with van der Waals surface area (Å²) in [6.45, 7) is 1.64. The molecule has 1 aliphatic heterocycles. The minimum atomic E-state index is -0.283. The Bertz CT molecular complexity index is 1160. The molecule has 2 heterocycles. The lowest BCUT2D eigenvalue weighted by molar-refractivity contribution is 0.230. The van der Waals surface area contributed by atoms with Gasteiger partial charge in [0.2, 0.25) is 5.88 Å². The minimum absolute atomic E-state index is 0.00161. The molecule has 1 saturated carbocycles. The van der Waals surface area contributed by atoms with E-state index in [2.05, 4.69) is 4.90 Å². The highest BCUT2D eigenvalue weighted by molar-refractivity contribution is 6.35. The average molecular weight is 430 g/mol. The van der Waals surface area contributed by atoms with Crippen molar-refractivity contribution in [1.82, 2.24) is 14.0 Å². The number of hydrogen-bond acceptors (Lipinski definition) is 3. The van der Waals surface area contributed by atoms with Gasteiger partial charge in [0, 0.05) is 42.1 Å². The zero-order valence-electron chi connectivity index (χ0n) is 16.0. The van der Waals surface area contributed by atoms with Gasteiger partial charge in [-0.15, -0.1) is 0 Å². The monoisotopic (exact) mass is 429 g/mol. The molecule has 1 N–H and O–H groups in total. The van der Waals surface area contributed by atoms with Gasteiger partial charge < -0.3 is 5.11 Å². The molecular weight excluding hydrogens is 409 g/mol. The van der Waals surface area contributed by atoms with Crippen molar-refractivity contribution in [1.29, 1.82) is 0 Å². The van der Waals surface area contributed by atoms with Gasteiger partial charge in [-0.05, 0) is 47.7 Å². The van der Waals surface area contributed by atoms with Gasteiger partial charge in [-0.3, -0.25) is 9.47 Å². The fourth-order valence-electron chi connectivity index (χ4n) is 4.44. The Morgan fingerprint density at radius 1 is 1.10 bits per heavy atom. The lowest BCUT2D eigenvalue weighted by atomic mass is 9.83. The van der Waals surface area contributed by atoms with E-state index < -0.39 is 0 Å². The third-order valence-corrected chi connectivity index (χ3v) is 6.55. The summed E-state index contributed by atoms with van der Waals surface area (Å²) in [5, 5.41) is 11.7. The van der Waals surface area contributed by atoms with Crippen molar-refractivity contribution in [2.24, 2.45) is 7.05 Å². The van der Waals surface area contributed by atoms with E-state index in [-0.39, 0.29) is 17.5 Å². The van der Waals surface area contributed by atoms with E-state index in [4.69, 9.17) is 23.2 Å². The second-order valence-corrected chi connectivity index (χ2v) is 8.79. The lowest BCUT2D eigenvalue weighted by Gasteiger charge is -2.36. The second kappa shape index (κ2) is 6.94. The number of nitrogens with zero attached hydrogens (tertiary/aromatic N) is 3. The molecule has 0 radical (unpaired) electrons. The highest BCUT2D eigenvalue weighted by Crippen LogP contribution is 2.43. The Morgan fingerprint density at radius 3 is 2.55 bits per heavy atom. The normalized spacial score (nSPS) is 19.3. The number of rotatable bonds is 3. The molecule has 7 heteroatoms. The van der Waals surface area contributed by atoms with Crippen LogP contribution in [0.25, 0.3) is 5.69 Å². The Hall–Kier alpha value is -2.21. The molecule has 0 bridgehead atoms. The van der Waals surface area contributed by atoms with E-state index >= 15 is 0 Å². The van der Waals surface area contributed by atoms with Crippen LogP contribution in [0.2, 0.25) is 10.0 Å². The molecule has 2 aromatic carbocycles. The summed E-state index contributed by atoms with van der Waals surface area (Å²) in [7, 11) is 1.63. The number of hydrogen-bond donors (Lipinski definition) is 1. The molecule has 0 unspecified atom stereocenters. The van der Waals surface area contributed by atoms with Gasteiger partial charge in [-0.1, -0.05) is 41.4 Å². The van der Waals surface area contributed by atoms with Crippen LogP contribution in [0.3, 0.4) is 0 Å². The summed E-state index contributed by atoms with van der Waals surface area (Å²) in [5.41, 5.74) is 3.56. The van der Waals surface area contributed by atoms with E-state index in [1.807, 2.05) is 30.3 Å². The van der Waals surface area contributed by atoms with Crippen LogP contribution in [0.1, 0.15) is 35.4 Å². The summed E-state index contributed by atoms with van der Waals surface area (Å²) in [6.07, 6.45) is 3.83. The van der Waals surface area contributed by atoms with Crippen molar-refractivity contribution in [2.75, 3.05) is 6.54 Å². The smallest absolute Gasteiger partial charge is 0.335 e. The van der Waals surface area contributed by atoms with Crippen molar-refractivity contribution in [3.05, 3.63) is 79.8 Å². The van der Waals surface area contributed by atoms with Crippen LogP contribution < -0.4 is 5.69 Å². The maximum Gasteiger partial charge on any atom is 0.335 e. The Balaban J connectivity index is 1.71. The van der Waals surface area contributed by atoms with Crippen LogP contribution >= 0.6 is 23.2 Å². The van der Waals surface area contributed by atoms with Gasteiger partial charge in [-0.2, -0.15) is 0 Å². The van der Waals surface area contributed by atoms with Gasteiger partial charge in [-0.25, -0.2) is 9.36 Å². The molecule has 29 heavy (non-hydrogen) atoms. The SMILES string of the molecule is Cn1cc(O)n(-c2ccccc2[C@@H]2CN(C3CC3)Cc3c(Cl)cc(Cl)cc32)c1=O.